The Bertz CT molecular complexity index is 466. The molecule has 2 N–H and O–H groups in total. The molecule has 21 heavy (non-hydrogen) atoms. The first kappa shape index (κ1) is 16.4. The number of ether oxygens (including phenoxy) is 1. The Balaban J connectivity index is 2.14. The topological polar surface area (TPSA) is 38.5 Å². The molecule has 0 aromatic heterocycles. The van der Waals surface area contributed by atoms with Crippen LogP contribution in [0.25, 0.3) is 0 Å². The van der Waals surface area contributed by atoms with Crippen molar-refractivity contribution in [1.82, 2.24) is 4.90 Å². The third kappa shape index (κ3) is 3.62. The van der Waals surface area contributed by atoms with Gasteiger partial charge in [0.05, 0.1) is 6.10 Å². The first-order valence-corrected chi connectivity index (χ1v) is 7.75. The molecule has 2 unspecified atom stereocenters. The van der Waals surface area contributed by atoms with Crippen LogP contribution in [0, 0.1) is 11.7 Å². The second-order valence-electron chi connectivity index (χ2n) is 6.48. The monoisotopic (exact) mass is 294 g/mol. The van der Waals surface area contributed by atoms with E-state index < -0.39 is 0 Å². The number of rotatable bonds is 5. The first-order valence-electron chi connectivity index (χ1n) is 7.75. The third-order valence-corrected chi connectivity index (χ3v) is 4.78. The highest BCUT2D eigenvalue weighted by Crippen LogP contribution is 2.33. The summed E-state index contributed by atoms with van der Waals surface area (Å²) >= 11 is 0. The summed E-state index contributed by atoms with van der Waals surface area (Å²) in [6.07, 6.45) is 2.04. The molecule has 1 saturated heterocycles. The second-order valence-corrected chi connectivity index (χ2v) is 6.48. The number of likely N-dealkylation sites (N-methyl/N-ethyl adjacent to an activating group) is 1. The largest absolute Gasteiger partial charge is 0.378 e. The minimum Gasteiger partial charge on any atom is -0.378 e. The molecule has 1 heterocycles. The Hall–Kier alpha value is -0.970. The van der Waals surface area contributed by atoms with Crippen molar-refractivity contribution in [2.24, 2.45) is 11.7 Å². The maximum Gasteiger partial charge on any atom is 0.127 e. The van der Waals surface area contributed by atoms with Crippen LogP contribution >= 0.6 is 0 Å². The van der Waals surface area contributed by atoms with E-state index in [1.807, 2.05) is 19.2 Å². The van der Waals surface area contributed by atoms with Gasteiger partial charge in [-0.2, -0.15) is 0 Å². The fourth-order valence-corrected chi connectivity index (χ4v) is 3.10. The molecule has 1 fully saturated rings. The van der Waals surface area contributed by atoms with Crippen molar-refractivity contribution >= 4 is 0 Å². The summed E-state index contributed by atoms with van der Waals surface area (Å²) in [4.78, 5) is 2.21. The number of benzene rings is 1. The standard InChI is InChI=1S/C17H27FN2O/c1-13(2)16-10-17(12-19,8-9-21-16)20(3)11-14-6-4-5-7-15(14)18/h4-7,13,16H,8-12,19H2,1-3H3. The van der Waals surface area contributed by atoms with Crippen LogP contribution in [0.4, 0.5) is 4.39 Å². The first-order chi connectivity index (χ1) is 9.98. The number of hydrogen-bond donors (Lipinski definition) is 1. The number of hydrogen-bond acceptors (Lipinski definition) is 3. The van der Waals surface area contributed by atoms with Gasteiger partial charge in [-0.15, -0.1) is 0 Å². The molecule has 3 nitrogen and oxygen atoms in total. The molecule has 4 heteroatoms. The lowest BCUT2D eigenvalue weighted by Gasteiger charge is -2.47. The van der Waals surface area contributed by atoms with Crippen LogP contribution in [0.1, 0.15) is 32.3 Å². The van der Waals surface area contributed by atoms with Gasteiger partial charge in [0.15, 0.2) is 0 Å². The van der Waals surface area contributed by atoms with Crippen molar-refractivity contribution in [1.29, 1.82) is 0 Å². The van der Waals surface area contributed by atoms with Gasteiger partial charge in [0.25, 0.3) is 0 Å². The number of halogens is 1. The Morgan fingerprint density at radius 1 is 1.43 bits per heavy atom. The smallest absolute Gasteiger partial charge is 0.127 e. The zero-order chi connectivity index (χ0) is 15.5. The predicted molar refractivity (Wildman–Crippen MR) is 83.5 cm³/mol. The van der Waals surface area contributed by atoms with E-state index in [9.17, 15) is 4.39 Å². The van der Waals surface area contributed by atoms with Gasteiger partial charge in [0.2, 0.25) is 0 Å². The summed E-state index contributed by atoms with van der Waals surface area (Å²) in [5, 5.41) is 0. The van der Waals surface area contributed by atoms with Crippen LogP contribution in [0.3, 0.4) is 0 Å². The summed E-state index contributed by atoms with van der Waals surface area (Å²) in [6, 6.07) is 6.96. The third-order valence-electron chi connectivity index (χ3n) is 4.78. The quantitative estimate of drug-likeness (QED) is 0.907. The van der Waals surface area contributed by atoms with Crippen LogP contribution in [-0.4, -0.2) is 36.7 Å². The second kappa shape index (κ2) is 6.86. The van der Waals surface area contributed by atoms with Crippen molar-refractivity contribution in [2.75, 3.05) is 20.2 Å². The predicted octanol–water partition coefficient (Wildman–Crippen LogP) is 2.79. The molecule has 0 bridgehead atoms. The van der Waals surface area contributed by atoms with Gasteiger partial charge in [-0.1, -0.05) is 32.0 Å². The molecule has 1 aliphatic rings. The molecule has 1 aromatic carbocycles. The summed E-state index contributed by atoms with van der Waals surface area (Å²) in [5.74, 6) is 0.321. The van der Waals surface area contributed by atoms with Gasteiger partial charge >= 0.3 is 0 Å². The van der Waals surface area contributed by atoms with E-state index in [4.69, 9.17) is 10.5 Å². The molecule has 0 spiro atoms. The van der Waals surface area contributed by atoms with Crippen molar-refractivity contribution in [2.45, 2.75) is 44.9 Å². The zero-order valence-corrected chi connectivity index (χ0v) is 13.3. The molecule has 0 saturated carbocycles. The lowest BCUT2D eigenvalue weighted by atomic mass is 9.81. The van der Waals surface area contributed by atoms with Gasteiger partial charge in [-0.25, -0.2) is 4.39 Å². The highest BCUT2D eigenvalue weighted by atomic mass is 19.1. The SMILES string of the molecule is CC(C)C1CC(CN)(N(C)Cc2ccccc2F)CCO1. The van der Waals surface area contributed by atoms with E-state index in [0.29, 0.717) is 19.0 Å². The number of nitrogens with zero attached hydrogens (tertiary/aromatic N) is 1. The lowest BCUT2D eigenvalue weighted by Crippen LogP contribution is -2.57. The van der Waals surface area contributed by atoms with Gasteiger partial charge < -0.3 is 10.5 Å². The van der Waals surface area contributed by atoms with E-state index in [2.05, 4.69) is 18.7 Å². The Morgan fingerprint density at radius 2 is 2.14 bits per heavy atom. The Labute approximate surface area is 127 Å². The van der Waals surface area contributed by atoms with Gasteiger partial charge in [0.1, 0.15) is 5.82 Å². The Kier molecular flexibility index (Phi) is 5.36. The molecule has 0 amide bonds. The molecule has 2 atom stereocenters. The van der Waals surface area contributed by atoms with Crippen LogP contribution in [0.2, 0.25) is 0 Å². The fourth-order valence-electron chi connectivity index (χ4n) is 3.10. The fraction of sp³-hybridized carbons (Fsp3) is 0.647. The molecule has 118 valence electrons. The van der Waals surface area contributed by atoms with Crippen LogP contribution in [-0.2, 0) is 11.3 Å². The highest BCUT2D eigenvalue weighted by molar-refractivity contribution is 5.17. The van der Waals surface area contributed by atoms with Gasteiger partial charge in [0, 0.05) is 30.8 Å². The molecular weight excluding hydrogens is 267 g/mol. The maximum absolute atomic E-state index is 13.9. The normalized spacial score (nSPS) is 26.5. The minimum absolute atomic E-state index is 0.102. The summed E-state index contributed by atoms with van der Waals surface area (Å²) in [6.45, 7) is 6.23. The molecule has 1 aromatic rings. The average molecular weight is 294 g/mol. The van der Waals surface area contributed by atoms with Crippen LogP contribution in [0.15, 0.2) is 24.3 Å². The maximum atomic E-state index is 13.9. The highest BCUT2D eigenvalue weighted by Gasteiger charge is 2.40. The van der Waals surface area contributed by atoms with E-state index in [1.54, 1.807) is 6.07 Å². The Morgan fingerprint density at radius 3 is 2.76 bits per heavy atom. The van der Waals surface area contributed by atoms with E-state index in [-0.39, 0.29) is 17.5 Å². The van der Waals surface area contributed by atoms with Crippen molar-refractivity contribution in [3.8, 4) is 0 Å². The summed E-state index contributed by atoms with van der Waals surface area (Å²) < 4.78 is 19.7. The van der Waals surface area contributed by atoms with Crippen LogP contribution in [0.5, 0.6) is 0 Å². The molecular formula is C17H27FN2O. The van der Waals surface area contributed by atoms with Gasteiger partial charge in [-0.3, -0.25) is 4.90 Å². The van der Waals surface area contributed by atoms with E-state index >= 15 is 0 Å². The van der Waals surface area contributed by atoms with Crippen molar-refractivity contribution in [3.05, 3.63) is 35.6 Å². The van der Waals surface area contributed by atoms with E-state index in [1.165, 1.54) is 6.07 Å². The zero-order valence-electron chi connectivity index (χ0n) is 13.3. The molecule has 0 radical (unpaired) electrons. The van der Waals surface area contributed by atoms with Gasteiger partial charge in [-0.05, 0) is 31.9 Å². The van der Waals surface area contributed by atoms with Crippen molar-refractivity contribution in [3.63, 3.8) is 0 Å². The number of nitrogens with two attached hydrogens (primary N) is 1. The summed E-state index contributed by atoms with van der Waals surface area (Å²) in [7, 11) is 2.04. The summed E-state index contributed by atoms with van der Waals surface area (Å²) in [5.41, 5.74) is 6.72. The minimum atomic E-state index is -0.149. The lowest BCUT2D eigenvalue weighted by molar-refractivity contribution is -0.0836. The molecule has 0 aliphatic carbocycles. The van der Waals surface area contributed by atoms with Crippen LogP contribution < -0.4 is 5.73 Å². The molecule has 2 rings (SSSR count). The molecule has 1 aliphatic heterocycles. The van der Waals surface area contributed by atoms with E-state index in [0.717, 1.165) is 25.0 Å². The van der Waals surface area contributed by atoms with Crippen molar-refractivity contribution < 1.29 is 9.13 Å². The average Bonchev–Trinajstić information content (AvgIpc) is 2.49.